The van der Waals surface area contributed by atoms with Crippen LogP contribution in [0.1, 0.15) is 29.6 Å². The van der Waals surface area contributed by atoms with E-state index in [1.807, 2.05) is 0 Å². The van der Waals surface area contributed by atoms with Gasteiger partial charge in [0.1, 0.15) is 0 Å². The number of nitrogens with zero attached hydrogens (tertiary/aromatic N) is 1. The van der Waals surface area contributed by atoms with Crippen LogP contribution in [-0.4, -0.2) is 37.6 Å². The lowest BCUT2D eigenvalue weighted by Gasteiger charge is -2.33. The van der Waals surface area contributed by atoms with E-state index in [0.717, 1.165) is 0 Å². The molecule has 0 saturated carbocycles. The molecular formula is C14H21NO2. The van der Waals surface area contributed by atoms with Gasteiger partial charge in [-0.3, -0.25) is 0 Å². The molecule has 1 aromatic carbocycles. The van der Waals surface area contributed by atoms with Gasteiger partial charge in [-0.2, -0.15) is 0 Å². The summed E-state index contributed by atoms with van der Waals surface area (Å²) in [5.74, 6) is -1.13. The Balaban J connectivity index is 0.000000171. The number of carboxylic acids is 1. The van der Waals surface area contributed by atoms with Crippen molar-refractivity contribution in [1.29, 1.82) is 0 Å². The highest BCUT2D eigenvalue weighted by Gasteiger charge is 2.17. The number of piperidine rings is 1. The largest absolute Gasteiger partial charge is 0.545 e. The van der Waals surface area contributed by atoms with Gasteiger partial charge in [0.25, 0.3) is 0 Å². The molecule has 17 heavy (non-hydrogen) atoms. The number of benzene rings is 1. The van der Waals surface area contributed by atoms with Crippen LogP contribution in [0.5, 0.6) is 0 Å². The van der Waals surface area contributed by atoms with Crippen LogP contribution in [0.3, 0.4) is 0 Å². The summed E-state index contributed by atoms with van der Waals surface area (Å²) in [7, 11) is 4.64. The van der Waals surface area contributed by atoms with Gasteiger partial charge in [0.2, 0.25) is 0 Å². The van der Waals surface area contributed by atoms with Gasteiger partial charge < -0.3 is 14.4 Å². The van der Waals surface area contributed by atoms with Crippen LogP contribution in [0.2, 0.25) is 0 Å². The predicted molar refractivity (Wildman–Crippen MR) is 66.5 cm³/mol. The van der Waals surface area contributed by atoms with Crippen molar-refractivity contribution < 1.29 is 14.4 Å². The molecule has 0 radical (unpaired) electrons. The van der Waals surface area contributed by atoms with E-state index in [-0.39, 0.29) is 5.56 Å². The quantitative estimate of drug-likeness (QED) is 0.688. The second-order valence-electron chi connectivity index (χ2n) is 5.10. The van der Waals surface area contributed by atoms with Crippen molar-refractivity contribution in [3.05, 3.63) is 35.9 Å². The van der Waals surface area contributed by atoms with Gasteiger partial charge in [-0.25, -0.2) is 0 Å². The van der Waals surface area contributed by atoms with Crippen LogP contribution in [0.4, 0.5) is 0 Å². The highest BCUT2D eigenvalue weighted by atomic mass is 16.4. The average molecular weight is 235 g/mol. The third kappa shape index (κ3) is 5.50. The number of carbonyl (C=O) groups excluding carboxylic acids is 1. The fourth-order valence-corrected chi connectivity index (χ4v) is 1.94. The van der Waals surface area contributed by atoms with E-state index in [1.54, 1.807) is 18.2 Å². The highest BCUT2D eigenvalue weighted by molar-refractivity contribution is 5.85. The van der Waals surface area contributed by atoms with Crippen molar-refractivity contribution in [1.82, 2.24) is 0 Å². The standard InChI is InChI=1S/C7H16N.C7H6O2/c1-8(2)6-4-3-5-7-8;8-7(9)6-4-2-1-3-5-6/h3-7H2,1-2H3;1-5H,(H,8,9)/q+1;/p-1. The van der Waals surface area contributed by atoms with E-state index in [2.05, 4.69) is 14.1 Å². The monoisotopic (exact) mass is 235 g/mol. The van der Waals surface area contributed by atoms with E-state index in [4.69, 9.17) is 0 Å². The number of rotatable bonds is 1. The molecule has 0 atom stereocenters. The molecule has 0 spiro atoms. The molecule has 1 saturated heterocycles. The maximum Gasteiger partial charge on any atom is 0.0782 e. The summed E-state index contributed by atoms with van der Waals surface area (Å²) in [5, 5.41) is 10.1. The first-order chi connectivity index (χ1) is 8.01. The Hall–Kier alpha value is -1.35. The molecule has 1 aliphatic rings. The number of carbonyl (C=O) groups is 1. The molecule has 0 bridgehead atoms. The molecule has 94 valence electrons. The SMILES string of the molecule is C[N+]1(C)CCCCC1.O=C([O-])c1ccccc1. The maximum atomic E-state index is 10.1. The zero-order valence-electron chi connectivity index (χ0n) is 10.7. The Kier molecular flexibility index (Phi) is 5.16. The zero-order chi connectivity index (χ0) is 12.7. The molecule has 1 aliphatic heterocycles. The minimum atomic E-state index is -1.13. The van der Waals surface area contributed by atoms with Crippen molar-refractivity contribution >= 4 is 5.97 Å². The molecular weight excluding hydrogens is 214 g/mol. The van der Waals surface area contributed by atoms with Crippen molar-refractivity contribution in [3.8, 4) is 0 Å². The molecule has 1 fully saturated rings. The van der Waals surface area contributed by atoms with Crippen LogP contribution in [0, 0.1) is 0 Å². The number of quaternary nitrogens is 1. The summed E-state index contributed by atoms with van der Waals surface area (Å²) in [5.41, 5.74) is 0.220. The highest BCUT2D eigenvalue weighted by Crippen LogP contribution is 2.12. The molecule has 0 unspecified atom stereocenters. The van der Waals surface area contributed by atoms with E-state index in [1.165, 1.54) is 49.0 Å². The molecule has 3 heteroatoms. The van der Waals surface area contributed by atoms with Gasteiger partial charge in [0, 0.05) is 0 Å². The topological polar surface area (TPSA) is 40.1 Å². The molecule has 1 heterocycles. The second kappa shape index (κ2) is 6.40. The average Bonchev–Trinajstić information content (AvgIpc) is 2.30. The van der Waals surface area contributed by atoms with Gasteiger partial charge in [0.05, 0.1) is 33.2 Å². The Morgan fingerprint density at radius 1 is 1.06 bits per heavy atom. The number of aromatic carboxylic acids is 1. The van der Waals surface area contributed by atoms with Gasteiger partial charge in [0.15, 0.2) is 0 Å². The van der Waals surface area contributed by atoms with Gasteiger partial charge in [-0.15, -0.1) is 0 Å². The minimum absolute atomic E-state index is 0.220. The van der Waals surface area contributed by atoms with Gasteiger partial charge >= 0.3 is 0 Å². The molecule has 2 rings (SSSR count). The third-order valence-electron chi connectivity index (χ3n) is 3.04. The van der Waals surface area contributed by atoms with Gasteiger partial charge in [-0.1, -0.05) is 30.3 Å². The second-order valence-corrected chi connectivity index (χ2v) is 5.10. The molecule has 0 N–H and O–H groups in total. The first kappa shape index (κ1) is 13.7. The first-order valence-electron chi connectivity index (χ1n) is 6.10. The van der Waals surface area contributed by atoms with Crippen LogP contribution < -0.4 is 5.11 Å². The van der Waals surface area contributed by atoms with E-state index in [0.29, 0.717) is 0 Å². The van der Waals surface area contributed by atoms with Crippen LogP contribution in [-0.2, 0) is 0 Å². The smallest absolute Gasteiger partial charge is 0.0782 e. The van der Waals surface area contributed by atoms with Crippen molar-refractivity contribution in [2.24, 2.45) is 0 Å². The minimum Gasteiger partial charge on any atom is -0.545 e. The van der Waals surface area contributed by atoms with Crippen LogP contribution >= 0.6 is 0 Å². The molecule has 1 aromatic rings. The van der Waals surface area contributed by atoms with E-state index < -0.39 is 5.97 Å². The van der Waals surface area contributed by atoms with Crippen molar-refractivity contribution in [3.63, 3.8) is 0 Å². The maximum absolute atomic E-state index is 10.1. The van der Waals surface area contributed by atoms with Crippen LogP contribution in [0.25, 0.3) is 0 Å². The zero-order valence-corrected chi connectivity index (χ0v) is 10.7. The van der Waals surface area contributed by atoms with E-state index >= 15 is 0 Å². The Bertz CT molecular complexity index is 338. The van der Waals surface area contributed by atoms with Gasteiger partial charge in [-0.05, 0) is 24.8 Å². The Morgan fingerprint density at radius 2 is 1.59 bits per heavy atom. The summed E-state index contributed by atoms with van der Waals surface area (Å²) in [6.07, 6.45) is 4.34. The molecule has 0 aromatic heterocycles. The van der Waals surface area contributed by atoms with Crippen molar-refractivity contribution in [2.75, 3.05) is 27.2 Å². The predicted octanol–water partition coefficient (Wildman–Crippen LogP) is 1.30. The summed E-state index contributed by atoms with van der Waals surface area (Å²) in [4.78, 5) is 10.1. The summed E-state index contributed by atoms with van der Waals surface area (Å²) < 4.78 is 1.25. The normalized spacial score (nSPS) is 17.8. The first-order valence-corrected chi connectivity index (χ1v) is 6.10. The number of carboxylic acid groups (broad SMARTS) is 1. The lowest BCUT2D eigenvalue weighted by atomic mass is 10.1. The number of hydrogen-bond donors (Lipinski definition) is 0. The van der Waals surface area contributed by atoms with Crippen molar-refractivity contribution in [2.45, 2.75) is 19.3 Å². The number of hydrogen-bond acceptors (Lipinski definition) is 2. The lowest BCUT2D eigenvalue weighted by Crippen LogP contribution is -2.43. The fraction of sp³-hybridized carbons (Fsp3) is 0.500. The van der Waals surface area contributed by atoms with E-state index in [9.17, 15) is 9.90 Å². The Morgan fingerprint density at radius 3 is 1.88 bits per heavy atom. The molecule has 0 aliphatic carbocycles. The summed E-state index contributed by atoms with van der Waals surface area (Å²) in [6.45, 7) is 2.78. The Labute approximate surface area is 103 Å². The summed E-state index contributed by atoms with van der Waals surface area (Å²) >= 11 is 0. The summed E-state index contributed by atoms with van der Waals surface area (Å²) in [6, 6.07) is 8.06. The molecule has 3 nitrogen and oxygen atoms in total. The van der Waals surface area contributed by atoms with Crippen LogP contribution in [0.15, 0.2) is 30.3 Å². The number of likely N-dealkylation sites (tertiary alicyclic amines) is 1. The lowest BCUT2D eigenvalue weighted by molar-refractivity contribution is -0.894. The third-order valence-corrected chi connectivity index (χ3v) is 3.04. The molecule has 0 amide bonds. The fourth-order valence-electron chi connectivity index (χ4n) is 1.94.